The molecule has 0 amide bonds. The molecule has 0 bridgehead atoms. The normalized spacial score (nSPS) is 11.5. The Balaban J connectivity index is 2.26. The van der Waals surface area contributed by atoms with Gasteiger partial charge in [0, 0.05) is 39.2 Å². The minimum Gasteiger partial charge on any atom is -0.468 e. The Hall–Kier alpha value is -2.88. The summed E-state index contributed by atoms with van der Waals surface area (Å²) in [7, 11) is 4.37. The summed E-state index contributed by atoms with van der Waals surface area (Å²) in [6.45, 7) is 2.75. The Morgan fingerprint density at radius 2 is 1.96 bits per heavy atom. The summed E-state index contributed by atoms with van der Waals surface area (Å²) in [5, 5.41) is 0. The predicted octanol–water partition coefficient (Wildman–Crippen LogP) is -0.333. The second-order valence-corrected chi connectivity index (χ2v) is 6.03. The maximum absolute atomic E-state index is 12.9. The van der Waals surface area contributed by atoms with Crippen LogP contribution in [-0.4, -0.2) is 49.9 Å². The molecule has 0 radical (unpaired) electrons. The Morgan fingerprint density at radius 3 is 2.62 bits per heavy atom. The van der Waals surface area contributed by atoms with Crippen molar-refractivity contribution >= 4 is 22.9 Å². The number of hydrogen-bond acceptors (Lipinski definition) is 6. The number of rotatable bonds is 6. The summed E-state index contributed by atoms with van der Waals surface area (Å²) in [5.74, 6) is -0.103. The highest BCUT2D eigenvalue weighted by Crippen LogP contribution is 2.16. The van der Waals surface area contributed by atoms with Crippen molar-refractivity contribution in [1.82, 2.24) is 23.1 Å². The lowest BCUT2D eigenvalue weighted by molar-refractivity contribution is -0.141. The van der Waals surface area contributed by atoms with Gasteiger partial charge in [0.2, 0.25) is 5.78 Å². The fraction of sp³-hybridized carbons (Fsp3) is 0.500. The van der Waals surface area contributed by atoms with Crippen LogP contribution in [0.2, 0.25) is 0 Å². The van der Waals surface area contributed by atoms with Crippen LogP contribution >= 0.6 is 0 Å². The van der Waals surface area contributed by atoms with Gasteiger partial charge in [0.25, 0.3) is 5.56 Å². The number of hydrogen-bond donors (Lipinski definition) is 0. The van der Waals surface area contributed by atoms with Crippen molar-refractivity contribution in [1.29, 1.82) is 0 Å². The number of fused-ring (bicyclic) bond motifs is 3. The van der Waals surface area contributed by atoms with Crippen LogP contribution in [0.1, 0.15) is 12.1 Å². The van der Waals surface area contributed by atoms with Crippen molar-refractivity contribution < 1.29 is 14.3 Å². The summed E-state index contributed by atoms with van der Waals surface area (Å²) in [4.78, 5) is 41.4. The van der Waals surface area contributed by atoms with Gasteiger partial charge in [-0.15, -0.1) is 0 Å². The van der Waals surface area contributed by atoms with E-state index >= 15 is 0 Å². The van der Waals surface area contributed by atoms with E-state index in [-0.39, 0.29) is 11.2 Å². The fourth-order valence-corrected chi connectivity index (χ4v) is 3.03. The van der Waals surface area contributed by atoms with Crippen LogP contribution in [0.4, 0.5) is 0 Å². The Bertz CT molecular complexity index is 1100. The molecule has 0 aliphatic carbocycles. The number of ether oxygens (including phenoxy) is 2. The lowest BCUT2D eigenvalue weighted by Gasteiger charge is -2.06. The van der Waals surface area contributed by atoms with Gasteiger partial charge in [-0.25, -0.2) is 9.36 Å². The Labute approximate surface area is 148 Å². The van der Waals surface area contributed by atoms with E-state index in [2.05, 4.69) is 9.72 Å². The lowest BCUT2D eigenvalue weighted by atomic mass is 10.4. The standard InChI is InChI=1S/C16H21N5O5/c1-10-8-20-12-13(17-15(20)19(10)6-5-7-25-3)18(2)16(24)21(14(12)23)9-11(22)26-4/h8H,5-7,9H2,1-4H3. The van der Waals surface area contributed by atoms with Crippen molar-refractivity contribution in [2.45, 2.75) is 26.4 Å². The summed E-state index contributed by atoms with van der Waals surface area (Å²) in [6, 6.07) is 0. The molecular formula is C16H21N5O5. The fourth-order valence-electron chi connectivity index (χ4n) is 3.03. The van der Waals surface area contributed by atoms with Crippen LogP contribution in [0.15, 0.2) is 15.8 Å². The van der Waals surface area contributed by atoms with E-state index in [0.717, 1.165) is 16.7 Å². The van der Waals surface area contributed by atoms with Crippen molar-refractivity contribution in [2.75, 3.05) is 20.8 Å². The lowest BCUT2D eigenvalue weighted by Crippen LogP contribution is -2.41. The molecule has 0 saturated heterocycles. The highest BCUT2D eigenvalue weighted by molar-refractivity contribution is 5.76. The van der Waals surface area contributed by atoms with Gasteiger partial charge in [0.15, 0.2) is 11.2 Å². The Morgan fingerprint density at radius 1 is 1.23 bits per heavy atom. The van der Waals surface area contributed by atoms with E-state index in [1.807, 2.05) is 11.5 Å². The first-order valence-electron chi connectivity index (χ1n) is 8.14. The topological polar surface area (TPSA) is 102 Å². The van der Waals surface area contributed by atoms with Crippen molar-refractivity contribution in [3.05, 3.63) is 32.7 Å². The molecule has 0 aliphatic rings. The molecule has 3 aromatic heterocycles. The molecule has 3 rings (SSSR count). The van der Waals surface area contributed by atoms with E-state index in [0.29, 0.717) is 18.9 Å². The molecule has 26 heavy (non-hydrogen) atoms. The molecule has 0 aromatic carbocycles. The van der Waals surface area contributed by atoms with Gasteiger partial charge in [-0.05, 0) is 13.3 Å². The molecule has 10 nitrogen and oxygen atoms in total. The van der Waals surface area contributed by atoms with Gasteiger partial charge >= 0.3 is 11.7 Å². The van der Waals surface area contributed by atoms with Gasteiger partial charge in [-0.1, -0.05) is 0 Å². The molecule has 0 unspecified atom stereocenters. The van der Waals surface area contributed by atoms with Gasteiger partial charge in [-0.2, -0.15) is 4.98 Å². The summed E-state index contributed by atoms with van der Waals surface area (Å²) >= 11 is 0. The molecule has 10 heteroatoms. The predicted molar refractivity (Wildman–Crippen MR) is 93.4 cm³/mol. The van der Waals surface area contributed by atoms with Gasteiger partial charge in [-0.3, -0.25) is 18.6 Å². The average molecular weight is 363 g/mol. The third-order valence-corrected chi connectivity index (χ3v) is 4.39. The molecule has 0 N–H and O–H groups in total. The van der Waals surface area contributed by atoms with Gasteiger partial charge in [0.05, 0.1) is 7.11 Å². The molecule has 0 saturated carbocycles. The first kappa shape index (κ1) is 17.9. The third kappa shape index (κ3) is 2.71. The first-order chi connectivity index (χ1) is 12.4. The highest BCUT2D eigenvalue weighted by atomic mass is 16.5. The smallest absolute Gasteiger partial charge is 0.333 e. The van der Waals surface area contributed by atoms with E-state index in [1.54, 1.807) is 17.7 Å². The highest BCUT2D eigenvalue weighted by Gasteiger charge is 2.21. The molecule has 3 aromatic rings. The van der Waals surface area contributed by atoms with Gasteiger partial charge in [0.1, 0.15) is 6.54 Å². The minimum atomic E-state index is -0.669. The van der Waals surface area contributed by atoms with Crippen LogP contribution < -0.4 is 11.2 Å². The monoisotopic (exact) mass is 363 g/mol. The first-order valence-corrected chi connectivity index (χ1v) is 8.14. The zero-order valence-electron chi connectivity index (χ0n) is 15.2. The summed E-state index contributed by atoms with van der Waals surface area (Å²) < 4.78 is 15.4. The second kappa shape index (κ2) is 6.79. The van der Waals surface area contributed by atoms with Crippen LogP contribution in [0.5, 0.6) is 0 Å². The Kier molecular flexibility index (Phi) is 4.68. The number of carbonyl (C=O) groups is 1. The minimum absolute atomic E-state index is 0.250. The van der Waals surface area contributed by atoms with Crippen molar-refractivity contribution in [2.24, 2.45) is 7.05 Å². The zero-order valence-corrected chi connectivity index (χ0v) is 15.2. The van der Waals surface area contributed by atoms with Crippen LogP contribution in [0, 0.1) is 6.92 Å². The molecule has 0 fully saturated rings. The molecule has 0 spiro atoms. The van der Waals surface area contributed by atoms with Crippen molar-refractivity contribution in [3.8, 4) is 0 Å². The number of imidazole rings is 2. The molecule has 0 atom stereocenters. The number of aromatic nitrogens is 5. The largest absolute Gasteiger partial charge is 0.468 e. The van der Waals surface area contributed by atoms with E-state index in [9.17, 15) is 14.4 Å². The summed E-state index contributed by atoms with van der Waals surface area (Å²) in [6.07, 6.45) is 2.59. The molecule has 0 aliphatic heterocycles. The number of nitrogens with zero attached hydrogens (tertiary/aromatic N) is 5. The van der Waals surface area contributed by atoms with Crippen molar-refractivity contribution in [3.63, 3.8) is 0 Å². The maximum Gasteiger partial charge on any atom is 0.333 e. The number of methoxy groups -OCH3 is 2. The average Bonchev–Trinajstić information content (AvgIpc) is 3.12. The maximum atomic E-state index is 12.9. The SMILES string of the molecule is COCCCn1c(C)cn2c3c(=O)n(CC(=O)OC)c(=O)n(C)c3nc12. The molecule has 3 heterocycles. The van der Waals surface area contributed by atoms with E-state index in [4.69, 9.17) is 4.74 Å². The number of esters is 1. The van der Waals surface area contributed by atoms with Crippen LogP contribution in [0.25, 0.3) is 16.9 Å². The van der Waals surface area contributed by atoms with E-state index < -0.39 is 23.8 Å². The van der Waals surface area contributed by atoms with E-state index in [1.165, 1.54) is 18.7 Å². The number of aryl methyl sites for hydroxylation is 3. The zero-order chi connectivity index (χ0) is 19.0. The second-order valence-electron chi connectivity index (χ2n) is 6.03. The van der Waals surface area contributed by atoms with Crippen LogP contribution in [-0.2, 0) is 34.4 Å². The van der Waals surface area contributed by atoms with Crippen LogP contribution in [0.3, 0.4) is 0 Å². The quantitative estimate of drug-likeness (QED) is 0.439. The number of carbonyl (C=O) groups excluding carboxylic acids is 1. The van der Waals surface area contributed by atoms with Gasteiger partial charge < -0.3 is 14.0 Å². The molecule has 140 valence electrons. The summed E-state index contributed by atoms with van der Waals surface area (Å²) in [5.41, 5.74) is 0.265. The third-order valence-electron chi connectivity index (χ3n) is 4.39. The molecular weight excluding hydrogens is 342 g/mol.